The van der Waals surface area contributed by atoms with Crippen molar-refractivity contribution in [3.63, 3.8) is 0 Å². The summed E-state index contributed by atoms with van der Waals surface area (Å²) in [6, 6.07) is 10.1. The zero-order valence-electron chi connectivity index (χ0n) is 14.2. The van der Waals surface area contributed by atoms with Crippen LogP contribution in [-0.4, -0.2) is 17.3 Å². The SMILES string of the molecule is CC(C)(C)OC1CCC(CC(C)(C)Oc2ccccc2)C1. The van der Waals surface area contributed by atoms with Gasteiger partial charge in [-0.1, -0.05) is 18.2 Å². The molecule has 2 heteroatoms. The Bertz CT molecular complexity index is 431. The highest BCUT2D eigenvalue weighted by Gasteiger charge is 2.33. The number of para-hydroxylation sites is 1. The van der Waals surface area contributed by atoms with E-state index in [1.165, 1.54) is 19.3 Å². The molecule has 2 nitrogen and oxygen atoms in total. The molecule has 1 aliphatic carbocycles. The minimum atomic E-state index is -0.122. The van der Waals surface area contributed by atoms with Gasteiger partial charge in [-0.25, -0.2) is 0 Å². The highest BCUT2D eigenvalue weighted by molar-refractivity contribution is 5.21. The second-order valence-electron chi connectivity index (χ2n) is 7.91. The Morgan fingerprint density at radius 3 is 2.29 bits per heavy atom. The van der Waals surface area contributed by atoms with Crippen LogP contribution >= 0.6 is 0 Å². The topological polar surface area (TPSA) is 18.5 Å². The Balaban J connectivity index is 1.84. The van der Waals surface area contributed by atoms with Gasteiger partial charge in [0, 0.05) is 0 Å². The molecule has 0 N–H and O–H groups in total. The third-order valence-electron chi connectivity index (χ3n) is 3.93. The Labute approximate surface area is 129 Å². The Morgan fingerprint density at radius 2 is 1.67 bits per heavy atom. The molecule has 0 spiro atoms. The van der Waals surface area contributed by atoms with Gasteiger partial charge in [-0.2, -0.15) is 0 Å². The van der Waals surface area contributed by atoms with Crippen molar-refractivity contribution in [2.75, 3.05) is 0 Å². The fourth-order valence-corrected chi connectivity index (χ4v) is 3.37. The zero-order valence-corrected chi connectivity index (χ0v) is 14.2. The van der Waals surface area contributed by atoms with E-state index in [1.807, 2.05) is 30.3 Å². The van der Waals surface area contributed by atoms with Gasteiger partial charge in [-0.05, 0) is 78.4 Å². The number of hydrogen-bond donors (Lipinski definition) is 0. The van der Waals surface area contributed by atoms with Crippen LogP contribution in [0.3, 0.4) is 0 Å². The quantitative estimate of drug-likeness (QED) is 0.740. The van der Waals surface area contributed by atoms with Gasteiger partial charge < -0.3 is 9.47 Å². The van der Waals surface area contributed by atoms with Gasteiger partial charge in [0.1, 0.15) is 11.4 Å². The van der Waals surface area contributed by atoms with E-state index in [9.17, 15) is 0 Å². The van der Waals surface area contributed by atoms with Gasteiger partial charge >= 0.3 is 0 Å². The molecule has 118 valence electrons. The normalized spacial score (nSPS) is 23.3. The Hall–Kier alpha value is -1.02. The van der Waals surface area contributed by atoms with E-state index in [0.717, 1.165) is 12.2 Å². The van der Waals surface area contributed by atoms with Crippen LogP contribution in [0.25, 0.3) is 0 Å². The lowest BCUT2D eigenvalue weighted by Crippen LogP contribution is -2.31. The smallest absolute Gasteiger partial charge is 0.120 e. The van der Waals surface area contributed by atoms with E-state index in [0.29, 0.717) is 12.0 Å². The number of ether oxygens (including phenoxy) is 2. The third-order valence-corrected chi connectivity index (χ3v) is 3.93. The lowest BCUT2D eigenvalue weighted by molar-refractivity contribution is -0.0584. The molecule has 2 rings (SSSR count). The van der Waals surface area contributed by atoms with E-state index in [2.05, 4.69) is 34.6 Å². The lowest BCUT2D eigenvalue weighted by Gasteiger charge is -2.30. The maximum atomic E-state index is 6.16. The van der Waals surface area contributed by atoms with Crippen LogP contribution in [0.2, 0.25) is 0 Å². The fourth-order valence-electron chi connectivity index (χ4n) is 3.37. The van der Waals surface area contributed by atoms with E-state index >= 15 is 0 Å². The zero-order chi connectivity index (χ0) is 15.5. The standard InChI is InChI=1S/C19H30O2/c1-18(2,3)20-17-12-11-15(13-17)14-19(4,5)21-16-9-7-6-8-10-16/h6-10,15,17H,11-14H2,1-5H3. The van der Waals surface area contributed by atoms with Crippen LogP contribution in [0.5, 0.6) is 5.75 Å². The third kappa shape index (κ3) is 5.70. The summed E-state index contributed by atoms with van der Waals surface area (Å²) in [6.45, 7) is 10.8. The Morgan fingerprint density at radius 1 is 1.00 bits per heavy atom. The first-order valence-corrected chi connectivity index (χ1v) is 8.15. The van der Waals surface area contributed by atoms with E-state index in [1.54, 1.807) is 0 Å². The summed E-state index contributed by atoms with van der Waals surface area (Å²) in [6.07, 6.45) is 5.11. The van der Waals surface area contributed by atoms with Crippen LogP contribution in [0.1, 0.15) is 60.3 Å². The van der Waals surface area contributed by atoms with Gasteiger partial charge in [0.15, 0.2) is 0 Å². The average molecular weight is 290 g/mol. The first-order valence-electron chi connectivity index (χ1n) is 8.15. The summed E-state index contributed by atoms with van der Waals surface area (Å²) in [5.41, 5.74) is -0.155. The van der Waals surface area contributed by atoms with Gasteiger partial charge in [0.05, 0.1) is 11.7 Å². The largest absolute Gasteiger partial charge is 0.488 e. The van der Waals surface area contributed by atoms with E-state index < -0.39 is 0 Å². The molecule has 21 heavy (non-hydrogen) atoms. The van der Waals surface area contributed by atoms with Crippen molar-refractivity contribution in [2.45, 2.75) is 77.6 Å². The molecule has 0 saturated heterocycles. The molecular weight excluding hydrogens is 260 g/mol. The maximum absolute atomic E-state index is 6.16. The molecule has 0 amide bonds. The van der Waals surface area contributed by atoms with Crippen molar-refractivity contribution in [3.05, 3.63) is 30.3 Å². The van der Waals surface area contributed by atoms with Gasteiger partial charge in [-0.3, -0.25) is 0 Å². The molecule has 0 radical (unpaired) electrons. The van der Waals surface area contributed by atoms with Crippen LogP contribution in [-0.2, 0) is 4.74 Å². The molecule has 0 bridgehead atoms. The lowest BCUT2D eigenvalue weighted by atomic mass is 9.92. The van der Waals surface area contributed by atoms with Crippen molar-refractivity contribution >= 4 is 0 Å². The predicted octanol–water partition coefficient (Wildman–Crippen LogP) is 5.22. The molecule has 1 aromatic carbocycles. The summed E-state index contributed by atoms with van der Waals surface area (Å²) < 4.78 is 12.3. The summed E-state index contributed by atoms with van der Waals surface area (Å²) in [5.74, 6) is 1.67. The summed E-state index contributed by atoms with van der Waals surface area (Å²) in [5, 5.41) is 0. The minimum absolute atomic E-state index is 0.0321. The van der Waals surface area contributed by atoms with Gasteiger partial charge in [-0.15, -0.1) is 0 Å². The number of benzene rings is 1. The number of hydrogen-bond acceptors (Lipinski definition) is 2. The minimum Gasteiger partial charge on any atom is -0.488 e. The van der Waals surface area contributed by atoms with Crippen LogP contribution in [0, 0.1) is 5.92 Å². The van der Waals surface area contributed by atoms with Crippen LogP contribution in [0.4, 0.5) is 0 Å². The highest BCUT2D eigenvalue weighted by Crippen LogP contribution is 2.36. The van der Waals surface area contributed by atoms with Crippen molar-refractivity contribution in [1.82, 2.24) is 0 Å². The van der Waals surface area contributed by atoms with Crippen molar-refractivity contribution < 1.29 is 9.47 Å². The highest BCUT2D eigenvalue weighted by atomic mass is 16.5. The molecule has 1 aromatic rings. The summed E-state index contributed by atoms with van der Waals surface area (Å²) in [4.78, 5) is 0. The van der Waals surface area contributed by atoms with Gasteiger partial charge in [0.2, 0.25) is 0 Å². The molecule has 1 fully saturated rings. The molecule has 0 aliphatic heterocycles. The second kappa shape index (κ2) is 6.39. The summed E-state index contributed by atoms with van der Waals surface area (Å²) >= 11 is 0. The molecule has 2 unspecified atom stereocenters. The first-order chi connectivity index (χ1) is 9.73. The summed E-state index contributed by atoms with van der Waals surface area (Å²) in [7, 11) is 0. The molecular formula is C19H30O2. The molecule has 2 atom stereocenters. The Kier molecular flexibility index (Phi) is 4.98. The van der Waals surface area contributed by atoms with Crippen molar-refractivity contribution in [3.8, 4) is 5.75 Å². The van der Waals surface area contributed by atoms with E-state index in [-0.39, 0.29) is 11.2 Å². The van der Waals surface area contributed by atoms with Gasteiger partial charge in [0.25, 0.3) is 0 Å². The maximum Gasteiger partial charge on any atom is 0.120 e. The predicted molar refractivity (Wildman–Crippen MR) is 87.7 cm³/mol. The molecule has 0 heterocycles. The average Bonchev–Trinajstić information content (AvgIpc) is 2.73. The van der Waals surface area contributed by atoms with Crippen molar-refractivity contribution in [1.29, 1.82) is 0 Å². The van der Waals surface area contributed by atoms with Crippen LogP contribution in [0.15, 0.2) is 30.3 Å². The molecule has 0 aromatic heterocycles. The molecule has 1 aliphatic rings. The second-order valence-corrected chi connectivity index (χ2v) is 7.91. The number of rotatable bonds is 5. The monoisotopic (exact) mass is 290 g/mol. The van der Waals surface area contributed by atoms with E-state index in [4.69, 9.17) is 9.47 Å². The van der Waals surface area contributed by atoms with Crippen LogP contribution < -0.4 is 4.74 Å². The first kappa shape index (κ1) is 16.4. The van der Waals surface area contributed by atoms with Crippen molar-refractivity contribution in [2.24, 2.45) is 5.92 Å². The fraction of sp³-hybridized carbons (Fsp3) is 0.684. The molecule has 1 saturated carbocycles.